The molecule has 5 heteroatoms. The van der Waals surface area contributed by atoms with Gasteiger partial charge in [0.2, 0.25) is 0 Å². The third-order valence-corrected chi connectivity index (χ3v) is 3.67. The Morgan fingerprint density at radius 1 is 1.19 bits per heavy atom. The molecule has 86 valence electrons. The van der Waals surface area contributed by atoms with Crippen molar-refractivity contribution in [1.82, 2.24) is 15.5 Å². The van der Waals surface area contributed by atoms with E-state index in [1.165, 1.54) is 19.3 Å². The van der Waals surface area contributed by atoms with E-state index in [-0.39, 0.29) is 0 Å². The number of nitrogens with zero attached hydrogens (tertiary/aromatic N) is 3. The van der Waals surface area contributed by atoms with Gasteiger partial charge in [0.25, 0.3) is 0 Å². The van der Waals surface area contributed by atoms with E-state index < -0.39 is 0 Å². The molecular weight excluding hydrogens is 224 g/mol. The second kappa shape index (κ2) is 4.18. The summed E-state index contributed by atoms with van der Waals surface area (Å²) in [5.74, 6) is 0.943. The zero-order chi connectivity index (χ0) is 11.0. The highest BCUT2D eigenvalue weighted by atomic mass is 35.5. The Morgan fingerprint density at radius 3 is 2.88 bits per heavy atom. The van der Waals surface area contributed by atoms with Gasteiger partial charge in [-0.1, -0.05) is 11.6 Å². The minimum Gasteiger partial charge on any atom is -0.354 e. The molecule has 2 bridgehead atoms. The number of rotatable bonds is 1. The van der Waals surface area contributed by atoms with Gasteiger partial charge >= 0.3 is 0 Å². The first-order valence-corrected chi connectivity index (χ1v) is 6.19. The molecule has 2 atom stereocenters. The molecule has 0 spiro atoms. The summed E-state index contributed by atoms with van der Waals surface area (Å²) in [6.45, 7) is 2.09. The first-order chi connectivity index (χ1) is 7.81. The van der Waals surface area contributed by atoms with Crippen LogP contribution < -0.4 is 10.2 Å². The summed E-state index contributed by atoms with van der Waals surface area (Å²) in [5, 5.41) is 12.1. The number of aromatic nitrogens is 2. The molecule has 2 aliphatic rings. The summed E-state index contributed by atoms with van der Waals surface area (Å²) >= 11 is 5.74. The Morgan fingerprint density at radius 2 is 2.06 bits per heavy atom. The van der Waals surface area contributed by atoms with Crippen LogP contribution in [-0.4, -0.2) is 35.4 Å². The third kappa shape index (κ3) is 1.99. The maximum atomic E-state index is 5.74. The topological polar surface area (TPSA) is 41.0 Å². The molecule has 2 aliphatic heterocycles. The smallest absolute Gasteiger partial charge is 0.151 e. The van der Waals surface area contributed by atoms with Crippen molar-refractivity contribution in [2.24, 2.45) is 0 Å². The van der Waals surface area contributed by atoms with Crippen molar-refractivity contribution in [2.75, 3.05) is 18.0 Å². The van der Waals surface area contributed by atoms with E-state index in [0.717, 1.165) is 18.9 Å². The number of halogens is 1. The zero-order valence-electron chi connectivity index (χ0n) is 9.06. The molecule has 16 heavy (non-hydrogen) atoms. The fourth-order valence-corrected chi connectivity index (χ4v) is 2.73. The van der Waals surface area contributed by atoms with Gasteiger partial charge in [0, 0.05) is 25.2 Å². The van der Waals surface area contributed by atoms with E-state index >= 15 is 0 Å². The van der Waals surface area contributed by atoms with Gasteiger partial charge in [-0.05, 0) is 31.4 Å². The zero-order valence-corrected chi connectivity index (χ0v) is 9.82. The number of anilines is 1. The lowest BCUT2D eigenvalue weighted by Crippen LogP contribution is -2.35. The van der Waals surface area contributed by atoms with Gasteiger partial charge in [0.05, 0.1) is 0 Å². The van der Waals surface area contributed by atoms with Gasteiger partial charge in [0.1, 0.15) is 0 Å². The molecular formula is C11H15ClN4. The predicted octanol–water partition coefficient (Wildman–Crippen LogP) is 1.46. The second-order valence-electron chi connectivity index (χ2n) is 4.59. The van der Waals surface area contributed by atoms with Gasteiger partial charge in [-0.3, -0.25) is 0 Å². The maximum Gasteiger partial charge on any atom is 0.151 e. The second-order valence-corrected chi connectivity index (χ2v) is 4.97. The van der Waals surface area contributed by atoms with Gasteiger partial charge in [-0.15, -0.1) is 10.2 Å². The molecule has 0 aromatic carbocycles. The molecule has 3 rings (SSSR count). The summed E-state index contributed by atoms with van der Waals surface area (Å²) in [6, 6.07) is 5.08. The van der Waals surface area contributed by atoms with Crippen LogP contribution in [0.15, 0.2) is 12.1 Å². The molecule has 1 aromatic heterocycles. The standard InChI is InChI=1S/C11H15ClN4/c12-10-3-4-11(15-14-10)16-6-5-8-1-2-9(7-16)13-8/h3-4,8-9,13H,1-2,5-7H2. The molecule has 3 heterocycles. The lowest BCUT2D eigenvalue weighted by Gasteiger charge is -2.24. The minimum atomic E-state index is 0.457. The Kier molecular flexibility index (Phi) is 2.69. The van der Waals surface area contributed by atoms with Crippen molar-refractivity contribution in [3.63, 3.8) is 0 Å². The number of hydrogen-bond acceptors (Lipinski definition) is 4. The van der Waals surface area contributed by atoms with E-state index in [2.05, 4.69) is 20.4 Å². The molecule has 0 saturated carbocycles. The van der Waals surface area contributed by atoms with Crippen LogP contribution in [-0.2, 0) is 0 Å². The van der Waals surface area contributed by atoms with E-state index in [9.17, 15) is 0 Å². The summed E-state index contributed by atoms with van der Waals surface area (Å²) in [7, 11) is 0. The van der Waals surface area contributed by atoms with Gasteiger partial charge < -0.3 is 10.2 Å². The highest BCUT2D eigenvalue weighted by molar-refractivity contribution is 6.29. The summed E-state index contributed by atoms with van der Waals surface area (Å²) in [4.78, 5) is 2.31. The molecule has 2 fully saturated rings. The van der Waals surface area contributed by atoms with Crippen molar-refractivity contribution in [1.29, 1.82) is 0 Å². The van der Waals surface area contributed by atoms with Crippen molar-refractivity contribution in [3.8, 4) is 0 Å². The van der Waals surface area contributed by atoms with Crippen LogP contribution >= 0.6 is 11.6 Å². The van der Waals surface area contributed by atoms with Crippen LogP contribution in [0.1, 0.15) is 19.3 Å². The number of hydrogen-bond donors (Lipinski definition) is 1. The van der Waals surface area contributed by atoms with Crippen molar-refractivity contribution in [3.05, 3.63) is 17.3 Å². The molecule has 2 unspecified atom stereocenters. The Labute approximate surface area is 100.0 Å². The van der Waals surface area contributed by atoms with Crippen molar-refractivity contribution < 1.29 is 0 Å². The Balaban J connectivity index is 1.77. The highest BCUT2D eigenvalue weighted by Crippen LogP contribution is 2.23. The maximum absolute atomic E-state index is 5.74. The summed E-state index contributed by atoms with van der Waals surface area (Å²) in [5.41, 5.74) is 0. The van der Waals surface area contributed by atoms with Crippen LogP contribution in [0, 0.1) is 0 Å². The summed E-state index contributed by atoms with van der Waals surface area (Å²) < 4.78 is 0. The molecule has 4 nitrogen and oxygen atoms in total. The molecule has 1 N–H and O–H groups in total. The van der Waals surface area contributed by atoms with Crippen LogP contribution in [0.5, 0.6) is 0 Å². The van der Waals surface area contributed by atoms with E-state index in [1.54, 1.807) is 6.07 Å². The van der Waals surface area contributed by atoms with Crippen molar-refractivity contribution >= 4 is 17.4 Å². The largest absolute Gasteiger partial charge is 0.354 e. The first-order valence-electron chi connectivity index (χ1n) is 5.81. The number of fused-ring (bicyclic) bond motifs is 2. The SMILES string of the molecule is Clc1ccc(N2CCC3CCC(C2)N3)nn1. The van der Waals surface area contributed by atoms with Crippen LogP contribution in [0.2, 0.25) is 5.15 Å². The van der Waals surface area contributed by atoms with Crippen LogP contribution in [0.3, 0.4) is 0 Å². The predicted molar refractivity (Wildman–Crippen MR) is 63.8 cm³/mol. The lowest BCUT2D eigenvalue weighted by atomic mass is 10.1. The average Bonchev–Trinajstić information content (AvgIpc) is 2.60. The highest BCUT2D eigenvalue weighted by Gasteiger charge is 2.29. The van der Waals surface area contributed by atoms with Gasteiger partial charge in [-0.2, -0.15) is 0 Å². The molecule has 0 radical (unpaired) electrons. The molecule has 1 aromatic rings. The van der Waals surface area contributed by atoms with E-state index in [4.69, 9.17) is 11.6 Å². The minimum absolute atomic E-state index is 0.457. The Bertz CT molecular complexity index is 367. The van der Waals surface area contributed by atoms with E-state index in [1.807, 2.05) is 6.07 Å². The van der Waals surface area contributed by atoms with Gasteiger partial charge in [0.15, 0.2) is 11.0 Å². The fraction of sp³-hybridized carbons (Fsp3) is 0.636. The average molecular weight is 239 g/mol. The molecule has 2 saturated heterocycles. The normalized spacial score (nSPS) is 29.2. The van der Waals surface area contributed by atoms with Gasteiger partial charge in [-0.25, -0.2) is 0 Å². The first kappa shape index (κ1) is 10.3. The monoisotopic (exact) mass is 238 g/mol. The van der Waals surface area contributed by atoms with Crippen LogP contribution in [0.25, 0.3) is 0 Å². The Hall–Kier alpha value is -0.870. The lowest BCUT2D eigenvalue weighted by molar-refractivity contribution is 0.563. The summed E-state index contributed by atoms with van der Waals surface area (Å²) in [6.07, 6.45) is 3.80. The van der Waals surface area contributed by atoms with Crippen molar-refractivity contribution in [2.45, 2.75) is 31.3 Å². The van der Waals surface area contributed by atoms with E-state index in [0.29, 0.717) is 17.2 Å². The number of nitrogens with one attached hydrogen (secondary N) is 1. The van der Waals surface area contributed by atoms with Crippen LogP contribution in [0.4, 0.5) is 5.82 Å². The third-order valence-electron chi connectivity index (χ3n) is 3.47. The molecule has 0 amide bonds. The molecule has 0 aliphatic carbocycles. The quantitative estimate of drug-likeness (QED) is 0.804. The fourth-order valence-electron chi connectivity index (χ4n) is 2.63.